The molecule has 0 saturated heterocycles. The van der Waals surface area contributed by atoms with Crippen LogP contribution in [0, 0.1) is 10.8 Å². The Labute approximate surface area is 236 Å². The summed E-state index contributed by atoms with van der Waals surface area (Å²) in [5, 5.41) is 0.412. The van der Waals surface area contributed by atoms with Crippen LogP contribution in [0.15, 0.2) is 74.5 Å². The molecule has 38 heavy (non-hydrogen) atoms. The van der Waals surface area contributed by atoms with E-state index in [2.05, 4.69) is 15.9 Å². The Morgan fingerprint density at radius 2 is 1.39 bits per heavy atom. The lowest BCUT2D eigenvalue weighted by Gasteiger charge is -2.42. The second-order valence-electron chi connectivity index (χ2n) is 11.8. The Kier molecular flexibility index (Phi) is 6.68. The smallest absolute Gasteiger partial charge is 0.339 e. The highest BCUT2D eigenvalue weighted by Gasteiger charge is 2.47. The molecule has 200 valence electrons. The minimum Gasteiger partial charge on any atom is -0.465 e. The van der Waals surface area contributed by atoms with Gasteiger partial charge in [-0.15, -0.1) is 0 Å². The largest absolute Gasteiger partial charge is 0.465 e. The monoisotopic (exact) mass is 618 g/mol. The Bertz CT molecular complexity index is 1480. The van der Waals surface area contributed by atoms with Crippen LogP contribution in [0.5, 0.6) is 5.75 Å². The first-order valence-corrected chi connectivity index (χ1v) is 14.9. The number of rotatable bonds is 4. The first kappa shape index (κ1) is 27.2. The molecule has 2 aromatic rings. The van der Waals surface area contributed by atoms with Crippen LogP contribution >= 0.6 is 27.5 Å². The summed E-state index contributed by atoms with van der Waals surface area (Å²) in [5.41, 5.74) is 1.23. The maximum Gasteiger partial charge on any atom is 0.339 e. The molecule has 2 aliphatic carbocycles. The van der Waals surface area contributed by atoms with Gasteiger partial charge in [-0.25, -0.2) is 0 Å². The van der Waals surface area contributed by atoms with Gasteiger partial charge in [-0.2, -0.15) is 8.42 Å². The summed E-state index contributed by atoms with van der Waals surface area (Å²) < 4.78 is 37.8. The van der Waals surface area contributed by atoms with E-state index < -0.39 is 16.0 Å². The van der Waals surface area contributed by atoms with Gasteiger partial charge in [0.15, 0.2) is 17.3 Å². The van der Waals surface area contributed by atoms with Crippen LogP contribution in [0.3, 0.4) is 0 Å². The zero-order valence-electron chi connectivity index (χ0n) is 21.6. The van der Waals surface area contributed by atoms with Crippen LogP contribution in [-0.4, -0.2) is 20.0 Å². The van der Waals surface area contributed by atoms with Crippen molar-refractivity contribution in [3.05, 3.63) is 80.2 Å². The summed E-state index contributed by atoms with van der Waals surface area (Å²) in [6.45, 7) is 8.15. The average molecular weight is 620 g/mol. The Balaban J connectivity index is 1.57. The Hall–Kier alpha value is -2.42. The third-order valence-electron chi connectivity index (χ3n) is 7.17. The van der Waals surface area contributed by atoms with Crippen molar-refractivity contribution in [2.75, 3.05) is 0 Å². The maximum atomic E-state index is 13.5. The number of halogens is 2. The number of benzene rings is 2. The molecule has 0 amide bonds. The molecule has 0 aromatic heterocycles. The molecule has 5 rings (SSSR count). The second kappa shape index (κ2) is 9.35. The average Bonchev–Trinajstić information content (AvgIpc) is 2.77. The molecule has 0 atom stereocenters. The Morgan fingerprint density at radius 3 is 1.89 bits per heavy atom. The SMILES string of the molecule is CC1(C)CC(=O)C2=C(C1)OC1=C(C(=O)CC(C)(C)C1)C2c1ccc(OS(=O)(=O)c2ccc(Cl)cc2)c(Br)c1. The van der Waals surface area contributed by atoms with E-state index in [9.17, 15) is 18.0 Å². The van der Waals surface area contributed by atoms with Crippen molar-refractivity contribution in [1.29, 1.82) is 0 Å². The summed E-state index contributed by atoms with van der Waals surface area (Å²) >= 11 is 9.33. The molecule has 1 heterocycles. The molecule has 0 fully saturated rings. The highest BCUT2D eigenvalue weighted by atomic mass is 79.9. The zero-order valence-corrected chi connectivity index (χ0v) is 24.7. The zero-order chi connectivity index (χ0) is 27.6. The molecule has 0 radical (unpaired) electrons. The highest BCUT2D eigenvalue weighted by Crippen LogP contribution is 2.53. The number of hydrogen-bond donors (Lipinski definition) is 0. The molecular weight excluding hydrogens is 592 g/mol. The van der Waals surface area contributed by atoms with Gasteiger partial charge in [0.1, 0.15) is 16.4 Å². The normalized spacial score (nSPS) is 21.1. The minimum absolute atomic E-state index is 0.0299. The lowest BCUT2D eigenvalue weighted by molar-refractivity contribution is -0.120. The first-order valence-electron chi connectivity index (χ1n) is 12.4. The van der Waals surface area contributed by atoms with Crippen molar-refractivity contribution < 1.29 is 26.9 Å². The molecule has 0 bridgehead atoms. The number of carbonyl (C=O) groups is 2. The van der Waals surface area contributed by atoms with Crippen LogP contribution in [0.2, 0.25) is 5.02 Å². The predicted molar refractivity (Wildman–Crippen MR) is 147 cm³/mol. The lowest BCUT2D eigenvalue weighted by atomic mass is 9.65. The maximum absolute atomic E-state index is 13.5. The van der Waals surface area contributed by atoms with E-state index in [1.165, 1.54) is 30.3 Å². The second-order valence-corrected chi connectivity index (χ2v) is 14.6. The number of ketones is 2. The third kappa shape index (κ3) is 5.10. The number of hydrogen-bond acceptors (Lipinski definition) is 6. The fraction of sp³-hybridized carbons (Fsp3) is 0.379. The number of allylic oxidation sites excluding steroid dienone is 4. The molecule has 0 N–H and O–H groups in total. The van der Waals surface area contributed by atoms with Crippen LogP contribution < -0.4 is 4.18 Å². The summed E-state index contributed by atoms with van der Waals surface area (Å²) in [5.74, 6) is 0.689. The van der Waals surface area contributed by atoms with E-state index in [0.29, 0.717) is 63.4 Å². The summed E-state index contributed by atoms with van der Waals surface area (Å²) in [6.07, 6.45) is 1.90. The molecule has 6 nitrogen and oxygen atoms in total. The van der Waals surface area contributed by atoms with E-state index >= 15 is 0 Å². The highest BCUT2D eigenvalue weighted by molar-refractivity contribution is 9.10. The third-order valence-corrected chi connectivity index (χ3v) is 9.29. The van der Waals surface area contributed by atoms with Crippen molar-refractivity contribution >= 4 is 49.2 Å². The molecule has 0 unspecified atom stereocenters. The number of carbonyl (C=O) groups excluding carboxylic acids is 2. The van der Waals surface area contributed by atoms with E-state index in [1.54, 1.807) is 12.1 Å². The quantitative estimate of drug-likeness (QED) is 0.335. The number of ether oxygens (including phenoxy) is 1. The van der Waals surface area contributed by atoms with Crippen LogP contribution in [0.4, 0.5) is 0 Å². The molecular formula is C29H28BrClO6S. The van der Waals surface area contributed by atoms with Gasteiger partial charge in [-0.05, 0) is 68.7 Å². The molecule has 9 heteroatoms. The summed E-state index contributed by atoms with van der Waals surface area (Å²) in [6, 6.07) is 10.7. The molecule has 0 saturated carbocycles. The van der Waals surface area contributed by atoms with Crippen LogP contribution in [0.25, 0.3) is 0 Å². The Morgan fingerprint density at radius 1 is 0.868 bits per heavy atom. The van der Waals surface area contributed by atoms with Crippen molar-refractivity contribution in [1.82, 2.24) is 0 Å². The minimum atomic E-state index is -4.11. The summed E-state index contributed by atoms with van der Waals surface area (Å²) in [4.78, 5) is 26.9. The van der Waals surface area contributed by atoms with Gasteiger partial charge in [0, 0.05) is 47.8 Å². The lowest BCUT2D eigenvalue weighted by Crippen LogP contribution is -2.37. The van der Waals surface area contributed by atoms with E-state index in [4.69, 9.17) is 20.5 Å². The van der Waals surface area contributed by atoms with Crippen molar-refractivity contribution in [2.24, 2.45) is 10.8 Å². The van der Waals surface area contributed by atoms with Crippen molar-refractivity contribution in [3.8, 4) is 5.75 Å². The number of Topliss-reactive ketones (excluding diaryl/α,β-unsaturated/α-hetero) is 2. The van der Waals surface area contributed by atoms with Gasteiger partial charge in [-0.3, -0.25) is 9.59 Å². The topological polar surface area (TPSA) is 86.7 Å². The van der Waals surface area contributed by atoms with E-state index in [-0.39, 0.29) is 33.0 Å². The van der Waals surface area contributed by atoms with Crippen LogP contribution in [0.1, 0.15) is 64.9 Å². The van der Waals surface area contributed by atoms with Gasteiger partial charge < -0.3 is 8.92 Å². The van der Waals surface area contributed by atoms with Crippen molar-refractivity contribution in [3.63, 3.8) is 0 Å². The molecule has 3 aliphatic rings. The molecule has 2 aromatic carbocycles. The van der Waals surface area contributed by atoms with E-state index in [0.717, 1.165) is 0 Å². The fourth-order valence-corrected chi connectivity index (χ4v) is 7.20. The van der Waals surface area contributed by atoms with E-state index in [1.807, 2.05) is 27.7 Å². The van der Waals surface area contributed by atoms with Gasteiger partial charge in [0.2, 0.25) is 0 Å². The fourth-order valence-electron chi connectivity index (χ4n) is 5.54. The molecule has 1 aliphatic heterocycles. The molecule has 0 spiro atoms. The van der Waals surface area contributed by atoms with Gasteiger partial charge >= 0.3 is 10.1 Å². The van der Waals surface area contributed by atoms with Gasteiger partial charge in [0.25, 0.3) is 0 Å². The predicted octanol–water partition coefficient (Wildman–Crippen LogP) is 7.27. The van der Waals surface area contributed by atoms with Gasteiger partial charge in [0.05, 0.1) is 4.47 Å². The summed E-state index contributed by atoms with van der Waals surface area (Å²) in [7, 11) is -4.11. The standard InChI is InChI=1S/C29H28BrClO6S/c1-28(2)12-20(32)26-23(14-28)36-24-15-29(3,4)13-21(33)27(24)25(26)16-5-10-22(19(30)11-16)37-38(34,35)18-8-6-17(31)7-9-18/h5-11,25H,12-15H2,1-4H3. The van der Waals surface area contributed by atoms with Crippen LogP contribution in [-0.2, 0) is 24.4 Å². The first-order chi connectivity index (χ1) is 17.7. The van der Waals surface area contributed by atoms with Gasteiger partial charge in [-0.1, -0.05) is 45.4 Å². The van der Waals surface area contributed by atoms with Crippen molar-refractivity contribution in [2.45, 2.75) is 64.2 Å².